The van der Waals surface area contributed by atoms with Crippen LogP contribution in [0.15, 0.2) is 23.8 Å². The molecule has 13 heavy (non-hydrogen) atoms. The van der Waals surface area contributed by atoms with Gasteiger partial charge in [-0.2, -0.15) is 0 Å². The van der Waals surface area contributed by atoms with E-state index in [1.807, 2.05) is 0 Å². The third-order valence-corrected chi connectivity index (χ3v) is 1.29. The second-order valence-electron chi connectivity index (χ2n) is 2.22. The topological polar surface area (TPSA) is 52.6 Å². The fourth-order valence-corrected chi connectivity index (χ4v) is 0.568. The molecule has 0 aromatic rings. The first-order chi connectivity index (χ1) is 6.11. The van der Waals surface area contributed by atoms with Crippen LogP contribution in [0.1, 0.15) is 6.92 Å². The summed E-state index contributed by atoms with van der Waals surface area (Å²) in [5.74, 6) is -0.886. The zero-order valence-electron chi connectivity index (χ0n) is 7.87. The summed E-state index contributed by atoms with van der Waals surface area (Å²) in [4.78, 5) is 21.4. The largest absolute Gasteiger partial charge is 0.466 e. The molecule has 0 fully saturated rings. The molecule has 0 rings (SSSR count). The number of hydrogen-bond donors (Lipinski definition) is 0. The molecule has 0 radical (unpaired) electrons. The van der Waals surface area contributed by atoms with Crippen molar-refractivity contribution in [3.05, 3.63) is 23.8 Å². The molecule has 4 heteroatoms. The maximum absolute atomic E-state index is 10.8. The van der Waals surface area contributed by atoms with Gasteiger partial charge in [0.25, 0.3) is 0 Å². The first kappa shape index (κ1) is 11.4. The fraction of sp³-hybridized carbons (Fsp3) is 0.333. The van der Waals surface area contributed by atoms with Gasteiger partial charge in [-0.05, 0) is 6.92 Å². The molecular formula is C9H12O4. The van der Waals surface area contributed by atoms with Crippen molar-refractivity contribution >= 4 is 11.9 Å². The van der Waals surface area contributed by atoms with E-state index in [0.29, 0.717) is 5.57 Å². The van der Waals surface area contributed by atoms with Crippen molar-refractivity contribution < 1.29 is 19.1 Å². The molecule has 0 aliphatic heterocycles. The Balaban J connectivity index is 4.18. The second-order valence-corrected chi connectivity index (χ2v) is 2.22. The summed E-state index contributed by atoms with van der Waals surface area (Å²) in [6.07, 6.45) is 4.12. The van der Waals surface area contributed by atoms with Gasteiger partial charge in [0, 0.05) is 11.6 Å². The van der Waals surface area contributed by atoms with E-state index in [1.54, 1.807) is 6.92 Å². The summed E-state index contributed by atoms with van der Waals surface area (Å²) in [6.45, 7) is 1.59. The van der Waals surface area contributed by atoms with E-state index >= 15 is 0 Å². The van der Waals surface area contributed by atoms with Crippen molar-refractivity contribution in [3.8, 4) is 0 Å². The summed E-state index contributed by atoms with van der Waals surface area (Å²) in [7, 11) is 2.58. The molecule has 0 saturated carbocycles. The van der Waals surface area contributed by atoms with Crippen LogP contribution in [0.5, 0.6) is 0 Å². The molecule has 0 unspecified atom stereocenters. The lowest BCUT2D eigenvalue weighted by atomic mass is 10.3. The molecule has 0 atom stereocenters. The first-order valence-corrected chi connectivity index (χ1v) is 3.63. The highest BCUT2D eigenvalue weighted by molar-refractivity contribution is 5.88. The molecule has 0 saturated heterocycles. The third kappa shape index (κ3) is 4.79. The van der Waals surface area contributed by atoms with Crippen molar-refractivity contribution in [1.82, 2.24) is 0 Å². The van der Waals surface area contributed by atoms with Crippen molar-refractivity contribution in [1.29, 1.82) is 0 Å². The van der Waals surface area contributed by atoms with Gasteiger partial charge in [-0.25, -0.2) is 9.59 Å². The number of rotatable bonds is 3. The zero-order chi connectivity index (χ0) is 10.3. The van der Waals surface area contributed by atoms with Gasteiger partial charge in [-0.1, -0.05) is 12.2 Å². The van der Waals surface area contributed by atoms with Gasteiger partial charge in [0.2, 0.25) is 0 Å². The number of allylic oxidation sites excluding steroid dienone is 2. The Labute approximate surface area is 76.8 Å². The highest BCUT2D eigenvalue weighted by Gasteiger charge is 1.99. The zero-order valence-corrected chi connectivity index (χ0v) is 7.87. The van der Waals surface area contributed by atoms with Crippen LogP contribution in [-0.2, 0) is 19.1 Å². The molecule has 72 valence electrons. The molecule has 0 heterocycles. The van der Waals surface area contributed by atoms with Crippen LogP contribution in [0.25, 0.3) is 0 Å². The van der Waals surface area contributed by atoms with E-state index in [2.05, 4.69) is 9.47 Å². The number of carbonyl (C=O) groups excluding carboxylic acids is 2. The molecule has 0 N–H and O–H groups in total. The third-order valence-electron chi connectivity index (χ3n) is 1.29. The van der Waals surface area contributed by atoms with E-state index < -0.39 is 11.9 Å². The minimum atomic E-state index is -0.464. The van der Waals surface area contributed by atoms with Crippen LogP contribution in [0.4, 0.5) is 0 Å². The monoisotopic (exact) mass is 184 g/mol. The number of carbonyl (C=O) groups is 2. The predicted octanol–water partition coefficient (Wildman–Crippen LogP) is 0.835. The van der Waals surface area contributed by atoms with Crippen molar-refractivity contribution in [2.24, 2.45) is 0 Å². The maximum Gasteiger partial charge on any atom is 0.333 e. The Morgan fingerprint density at radius 1 is 1.15 bits per heavy atom. The molecule has 0 amide bonds. The number of esters is 2. The standard InChI is InChI=1S/C9H12O4/c1-7(9(11)13-3)5-4-6-8(10)12-2/h4-6H,1-3H3/b6-4-,7-5-. The predicted molar refractivity (Wildman–Crippen MR) is 46.9 cm³/mol. The Kier molecular flexibility index (Phi) is 5.27. The summed E-state index contributed by atoms with van der Waals surface area (Å²) >= 11 is 0. The van der Waals surface area contributed by atoms with Gasteiger partial charge in [0.05, 0.1) is 14.2 Å². The highest BCUT2D eigenvalue weighted by Crippen LogP contribution is 1.95. The number of ether oxygens (including phenoxy) is 2. The smallest absolute Gasteiger partial charge is 0.333 e. The SMILES string of the molecule is COC(=O)/C=C\C=C(\C)C(=O)OC. The molecule has 0 aliphatic rings. The van der Waals surface area contributed by atoms with E-state index in [9.17, 15) is 9.59 Å². The average molecular weight is 184 g/mol. The Morgan fingerprint density at radius 2 is 1.77 bits per heavy atom. The van der Waals surface area contributed by atoms with E-state index in [-0.39, 0.29) is 0 Å². The normalized spacial score (nSPS) is 11.5. The molecule has 0 bridgehead atoms. The van der Waals surface area contributed by atoms with Crippen molar-refractivity contribution in [2.45, 2.75) is 6.92 Å². The minimum absolute atomic E-state index is 0.419. The van der Waals surface area contributed by atoms with Gasteiger partial charge in [-0.3, -0.25) is 0 Å². The van der Waals surface area contributed by atoms with Gasteiger partial charge >= 0.3 is 11.9 Å². The maximum atomic E-state index is 10.8. The second kappa shape index (κ2) is 5.99. The van der Waals surface area contributed by atoms with Crippen LogP contribution in [0, 0.1) is 0 Å². The van der Waals surface area contributed by atoms with Gasteiger partial charge in [0.15, 0.2) is 0 Å². The lowest BCUT2D eigenvalue weighted by Crippen LogP contribution is -2.00. The number of hydrogen-bond acceptors (Lipinski definition) is 4. The Morgan fingerprint density at radius 3 is 2.23 bits per heavy atom. The van der Waals surface area contributed by atoms with Crippen LogP contribution < -0.4 is 0 Å². The van der Waals surface area contributed by atoms with Crippen LogP contribution in [0.2, 0.25) is 0 Å². The summed E-state index contributed by atoms with van der Waals surface area (Å²) < 4.78 is 8.79. The van der Waals surface area contributed by atoms with Crippen molar-refractivity contribution in [3.63, 3.8) is 0 Å². The summed E-state index contributed by atoms with van der Waals surface area (Å²) in [5.41, 5.74) is 0.419. The van der Waals surface area contributed by atoms with Crippen LogP contribution in [0.3, 0.4) is 0 Å². The lowest BCUT2D eigenvalue weighted by Gasteiger charge is -1.95. The van der Waals surface area contributed by atoms with E-state index in [4.69, 9.17) is 0 Å². The molecule has 0 aromatic heterocycles. The average Bonchev–Trinajstić information content (AvgIpc) is 2.15. The van der Waals surface area contributed by atoms with E-state index in [1.165, 1.54) is 32.4 Å². The highest BCUT2D eigenvalue weighted by atomic mass is 16.5. The summed E-state index contributed by atoms with van der Waals surface area (Å²) in [6, 6.07) is 0. The van der Waals surface area contributed by atoms with Crippen molar-refractivity contribution in [2.75, 3.05) is 14.2 Å². The fourth-order valence-electron chi connectivity index (χ4n) is 0.568. The quantitative estimate of drug-likeness (QED) is 0.370. The lowest BCUT2D eigenvalue weighted by molar-refractivity contribution is -0.136. The van der Waals surface area contributed by atoms with Gasteiger partial charge in [0.1, 0.15) is 0 Å². The van der Waals surface area contributed by atoms with E-state index in [0.717, 1.165) is 0 Å². The Bertz CT molecular complexity index is 250. The molecule has 0 spiro atoms. The van der Waals surface area contributed by atoms with Crippen LogP contribution >= 0.6 is 0 Å². The minimum Gasteiger partial charge on any atom is -0.466 e. The van der Waals surface area contributed by atoms with Gasteiger partial charge in [-0.15, -0.1) is 0 Å². The molecule has 0 aromatic carbocycles. The summed E-state index contributed by atoms with van der Waals surface area (Å²) in [5, 5.41) is 0. The van der Waals surface area contributed by atoms with Gasteiger partial charge < -0.3 is 9.47 Å². The number of methoxy groups -OCH3 is 2. The molecule has 4 nitrogen and oxygen atoms in total. The van der Waals surface area contributed by atoms with Crippen LogP contribution in [-0.4, -0.2) is 26.2 Å². The first-order valence-electron chi connectivity index (χ1n) is 3.63. The molecular weight excluding hydrogens is 172 g/mol. The molecule has 0 aliphatic carbocycles. The Hall–Kier alpha value is -1.58.